The summed E-state index contributed by atoms with van der Waals surface area (Å²) in [5.74, 6) is 0.460. The normalized spacial score (nSPS) is 9.29. The van der Waals surface area contributed by atoms with Crippen LogP contribution in [0.1, 0.15) is 6.92 Å². The lowest BCUT2D eigenvalue weighted by Crippen LogP contribution is -2.14. The van der Waals surface area contributed by atoms with Gasteiger partial charge in [-0.2, -0.15) is 5.10 Å². The molecule has 0 aromatic carbocycles. The summed E-state index contributed by atoms with van der Waals surface area (Å²) in [7, 11) is 1.49. The van der Waals surface area contributed by atoms with Gasteiger partial charge in [-0.25, -0.2) is 0 Å². The lowest BCUT2D eigenvalue weighted by molar-refractivity contribution is -0.112. The molecule has 0 saturated heterocycles. The van der Waals surface area contributed by atoms with Crippen LogP contribution in [0.2, 0.25) is 0 Å². The Labute approximate surface area is 81.8 Å². The Morgan fingerprint density at radius 1 is 1.64 bits per heavy atom. The molecule has 0 saturated carbocycles. The van der Waals surface area contributed by atoms with Crippen molar-refractivity contribution in [1.29, 1.82) is 0 Å². The van der Waals surface area contributed by atoms with Crippen LogP contribution in [0.15, 0.2) is 24.4 Å². The van der Waals surface area contributed by atoms with Crippen molar-refractivity contribution in [3.63, 3.8) is 0 Å². The molecule has 0 radical (unpaired) electrons. The molecule has 0 aliphatic carbocycles. The standard InChI is InChI=1S/C9H11N3O2/c1-6(2)9(13)11-8-7(14-3)4-5-10-12-8/h4-5H,1H2,2-3H3,(H,11,12,13). The Balaban J connectivity index is 2.85. The fourth-order valence-electron chi connectivity index (χ4n) is 0.786. The molecule has 1 rings (SSSR count). The number of hydrogen-bond donors (Lipinski definition) is 1. The van der Waals surface area contributed by atoms with Gasteiger partial charge in [-0.05, 0) is 6.92 Å². The zero-order valence-corrected chi connectivity index (χ0v) is 8.07. The van der Waals surface area contributed by atoms with E-state index in [4.69, 9.17) is 4.74 Å². The molecule has 5 heteroatoms. The number of ether oxygens (including phenoxy) is 1. The van der Waals surface area contributed by atoms with E-state index in [-0.39, 0.29) is 5.91 Å². The van der Waals surface area contributed by atoms with Gasteiger partial charge in [0.15, 0.2) is 11.6 Å². The van der Waals surface area contributed by atoms with Gasteiger partial charge in [0, 0.05) is 11.6 Å². The largest absolute Gasteiger partial charge is 0.493 e. The SMILES string of the molecule is C=C(C)C(=O)Nc1nnccc1OC. The highest BCUT2D eigenvalue weighted by atomic mass is 16.5. The van der Waals surface area contributed by atoms with Crippen LogP contribution in [-0.2, 0) is 4.79 Å². The molecule has 1 heterocycles. The van der Waals surface area contributed by atoms with Gasteiger partial charge in [-0.3, -0.25) is 4.79 Å². The first kappa shape index (κ1) is 10.2. The number of anilines is 1. The molecule has 0 fully saturated rings. The molecule has 0 spiro atoms. The molecule has 0 unspecified atom stereocenters. The molecule has 1 aromatic rings. The van der Waals surface area contributed by atoms with Crippen LogP contribution in [0, 0.1) is 0 Å². The minimum absolute atomic E-state index is 0.294. The van der Waals surface area contributed by atoms with Crippen LogP contribution in [0.5, 0.6) is 5.75 Å². The predicted molar refractivity (Wildman–Crippen MR) is 52.0 cm³/mol. The van der Waals surface area contributed by atoms with Crippen molar-refractivity contribution in [3.05, 3.63) is 24.4 Å². The molecule has 0 aliphatic rings. The first-order valence-electron chi connectivity index (χ1n) is 3.97. The van der Waals surface area contributed by atoms with E-state index >= 15 is 0 Å². The fourth-order valence-corrected chi connectivity index (χ4v) is 0.786. The van der Waals surface area contributed by atoms with E-state index in [1.54, 1.807) is 13.0 Å². The minimum Gasteiger partial charge on any atom is -0.493 e. The number of carbonyl (C=O) groups is 1. The maximum absolute atomic E-state index is 11.2. The van der Waals surface area contributed by atoms with Gasteiger partial charge in [0.1, 0.15) is 0 Å². The van der Waals surface area contributed by atoms with Gasteiger partial charge in [-0.15, -0.1) is 5.10 Å². The molecule has 1 aromatic heterocycles. The highest BCUT2D eigenvalue weighted by Gasteiger charge is 2.08. The van der Waals surface area contributed by atoms with E-state index in [1.165, 1.54) is 13.3 Å². The maximum Gasteiger partial charge on any atom is 0.252 e. The Morgan fingerprint density at radius 3 is 2.93 bits per heavy atom. The van der Waals surface area contributed by atoms with E-state index < -0.39 is 0 Å². The number of amides is 1. The Bertz CT molecular complexity index is 363. The summed E-state index contributed by atoms with van der Waals surface area (Å²) in [6.07, 6.45) is 1.48. The lowest BCUT2D eigenvalue weighted by Gasteiger charge is -2.06. The summed E-state index contributed by atoms with van der Waals surface area (Å²) in [4.78, 5) is 11.2. The van der Waals surface area contributed by atoms with Crippen molar-refractivity contribution in [3.8, 4) is 5.75 Å². The topological polar surface area (TPSA) is 64.1 Å². The Morgan fingerprint density at radius 2 is 2.36 bits per heavy atom. The Kier molecular flexibility index (Phi) is 3.17. The molecular formula is C9H11N3O2. The molecular weight excluding hydrogens is 182 g/mol. The van der Waals surface area contributed by atoms with E-state index in [0.29, 0.717) is 17.1 Å². The number of nitrogens with one attached hydrogen (secondary N) is 1. The number of carbonyl (C=O) groups excluding carboxylic acids is 1. The van der Waals surface area contributed by atoms with Gasteiger partial charge in [0.05, 0.1) is 13.3 Å². The average molecular weight is 193 g/mol. The number of aromatic nitrogens is 2. The molecule has 14 heavy (non-hydrogen) atoms. The summed E-state index contributed by atoms with van der Waals surface area (Å²) >= 11 is 0. The van der Waals surface area contributed by atoms with E-state index in [1.807, 2.05) is 0 Å². The van der Waals surface area contributed by atoms with Crippen LogP contribution in [0.3, 0.4) is 0 Å². The molecule has 0 atom stereocenters. The van der Waals surface area contributed by atoms with E-state index in [0.717, 1.165) is 0 Å². The molecule has 1 amide bonds. The van der Waals surface area contributed by atoms with Crippen molar-refractivity contribution in [2.24, 2.45) is 0 Å². The van der Waals surface area contributed by atoms with Gasteiger partial charge < -0.3 is 10.1 Å². The second-order valence-electron chi connectivity index (χ2n) is 2.68. The number of rotatable bonds is 3. The van der Waals surface area contributed by atoms with Crippen molar-refractivity contribution in [2.75, 3.05) is 12.4 Å². The smallest absolute Gasteiger partial charge is 0.252 e. The summed E-state index contributed by atoms with van der Waals surface area (Å²) in [5, 5.41) is 9.88. The summed E-state index contributed by atoms with van der Waals surface area (Å²) < 4.78 is 4.98. The zero-order chi connectivity index (χ0) is 10.6. The quantitative estimate of drug-likeness (QED) is 0.727. The van der Waals surface area contributed by atoms with E-state index in [2.05, 4.69) is 22.1 Å². The number of hydrogen-bond acceptors (Lipinski definition) is 4. The highest BCUT2D eigenvalue weighted by Crippen LogP contribution is 2.19. The van der Waals surface area contributed by atoms with E-state index in [9.17, 15) is 4.79 Å². The Hall–Kier alpha value is -1.91. The van der Waals surface area contributed by atoms with Crippen molar-refractivity contribution < 1.29 is 9.53 Å². The van der Waals surface area contributed by atoms with Gasteiger partial charge in [-0.1, -0.05) is 6.58 Å². The van der Waals surface area contributed by atoms with Crippen molar-refractivity contribution >= 4 is 11.7 Å². The van der Waals surface area contributed by atoms with Gasteiger partial charge >= 0.3 is 0 Å². The van der Waals surface area contributed by atoms with Crippen LogP contribution in [0.4, 0.5) is 5.82 Å². The lowest BCUT2D eigenvalue weighted by atomic mass is 10.3. The maximum atomic E-state index is 11.2. The third-order valence-corrected chi connectivity index (χ3v) is 1.52. The third kappa shape index (κ3) is 2.29. The molecule has 0 bridgehead atoms. The first-order chi connectivity index (χ1) is 6.65. The summed E-state index contributed by atoms with van der Waals surface area (Å²) in [6, 6.07) is 1.61. The van der Waals surface area contributed by atoms with Crippen LogP contribution < -0.4 is 10.1 Å². The van der Waals surface area contributed by atoms with Crippen molar-refractivity contribution in [2.45, 2.75) is 6.92 Å². The highest BCUT2D eigenvalue weighted by molar-refractivity contribution is 6.02. The molecule has 74 valence electrons. The average Bonchev–Trinajstić information content (AvgIpc) is 2.18. The fraction of sp³-hybridized carbons (Fsp3) is 0.222. The monoisotopic (exact) mass is 193 g/mol. The predicted octanol–water partition coefficient (Wildman–Crippen LogP) is 1.000. The molecule has 5 nitrogen and oxygen atoms in total. The number of nitrogens with zero attached hydrogens (tertiary/aromatic N) is 2. The third-order valence-electron chi connectivity index (χ3n) is 1.52. The molecule has 1 N–H and O–H groups in total. The van der Waals surface area contributed by atoms with Gasteiger partial charge in [0.25, 0.3) is 5.91 Å². The minimum atomic E-state index is -0.302. The van der Waals surface area contributed by atoms with Gasteiger partial charge in [0.2, 0.25) is 0 Å². The number of methoxy groups -OCH3 is 1. The first-order valence-corrected chi connectivity index (χ1v) is 3.97. The van der Waals surface area contributed by atoms with Crippen LogP contribution >= 0.6 is 0 Å². The zero-order valence-electron chi connectivity index (χ0n) is 8.07. The second kappa shape index (κ2) is 4.36. The summed E-state index contributed by atoms with van der Waals surface area (Å²) in [5.41, 5.74) is 0.401. The second-order valence-corrected chi connectivity index (χ2v) is 2.68. The molecule has 0 aliphatic heterocycles. The van der Waals surface area contributed by atoms with Crippen LogP contribution in [-0.4, -0.2) is 23.2 Å². The summed E-state index contributed by atoms with van der Waals surface area (Å²) in [6.45, 7) is 5.11. The van der Waals surface area contributed by atoms with Crippen molar-refractivity contribution in [1.82, 2.24) is 10.2 Å². The van der Waals surface area contributed by atoms with Crippen LogP contribution in [0.25, 0.3) is 0 Å².